The van der Waals surface area contributed by atoms with Crippen LogP contribution < -0.4 is 5.32 Å². The van der Waals surface area contributed by atoms with Crippen LogP contribution in [0.3, 0.4) is 0 Å². The highest BCUT2D eigenvalue weighted by Gasteiger charge is 2.22. The van der Waals surface area contributed by atoms with Gasteiger partial charge in [0.25, 0.3) is 0 Å². The van der Waals surface area contributed by atoms with Crippen LogP contribution >= 0.6 is 0 Å². The van der Waals surface area contributed by atoms with Crippen LogP contribution in [0, 0.1) is 5.92 Å². The molecule has 0 aromatic carbocycles. The highest BCUT2D eigenvalue weighted by molar-refractivity contribution is 5.34. The quantitative estimate of drug-likeness (QED) is 0.796. The van der Waals surface area contributed by atoms with E-state index in [2.05, 4.69) is 41.3 Å². The van der Waals surface area contributed by atoms with Crippen LogP contribution in [0.5, 0.6) is 0 Å². The number of pyridine rings is 1. The Hall–Kier alpha value is -1.09. The van der Waals surface area contributed by atoms with Crippen LogP contribution in [0.15, 0.2) is 18.2 Å². The second-order valence-corrected chi connectivity index (χ2v) is 4.68. The number of nitrogens with one attached hydrogen (secondary N) is 1. The van der Waals surface area contributed by atoms with Crippen LogP contribution in [0.4, 0.5) is 5.82 Å². The van der Waals surface area contributed by atoms with E-state index in [1.165, 1.54) is 19.4 Å². The van der Waals surface area contributed by atoms with Crippen molar-refractivity contribution < 1.29 is 0 Å². The van der Waals surface area contributed by atoms with E-state index >= 15 is 0 Å². The predicted octanol–water partition coefficient (Wildman–Crippen LogP) is 2.36. The lowest BCUT2D eigenvalue weighted by Gasteiger charge is -2.16. The van der Waals surface area contributed by atoms with Crippen molar-refractivity contribution in [1.29, 1.82) is 0 Å². The Kier molecular flexibility index (Phi) is 3.78. The van der Waals surface area contributed by atoms with Crippen LogP contribution in [0.1, 0.15) is 25.5 Å². The van der Waals surface area contributed by atoms with E-state index in [1.54, 1.807) is 0 Å². The molecule has 0 spiro atoms. The predicted molar refractivity (Wildman–Crippen MR) is 67.5 cm³/mol. The zero-order valence-corrected chi connectivity index (χ0v) is 10.2. The number of rotatable bonds is 6. The molecule has 0 atom stereocenters. The summed E-state index contributed by atoms with van der Waals surface area (Å²) in [5.74, 6) is 1.93. The van der Waals surface area contributed by atoms with E-state index in [0.717, 1.165) is 30.5 Å². The van der Waals surface area contributed by atoms with E-state index in [-0.39, 0.29) is 0 Å². The van der Waals surface area contributed by atoms with E-state index in [0.29, 0.717) is 0 Å². The summed E-state index contributed by atoms with van der Waals surface area (Å²) in [6, 6.07) is 6.20. The number of hydrogen-bond acceptors (Lipinski definition) is 3. The molecule has 1 aliphatic rings. The van der Waals surface area contributed by atoms with E-state index < -0.39 is 0 Å². The smallest absolute Gasteiger partial charge is 0.126 e. The van der Waals surface area contributed by atoms with Gasteiger partial charge in [-0.2, -0.15) is 0 Å². The van der Waals surface area contributed by atoms with Crippen LogP contribution in [0.2, 0.25) is 0 Å². The highest BCUT2D eigenvalue weighted by Crippen LogP contribution is 2.29. The normalized spacial score (nSPS) is 15.4. The summed E-state index contributed by atoms with van der Waals surface area (Å²) in [5, 5.41) is 3.24. The lowest BCUT2D eigenvalue weighted by molar-refractivity contribution is 0.309. The molecule has 3 heteroatoms. The van der Waals surface area contributed by atoms with E-state index in [9.17, 15) is 0 Å². The van der Waals surface area contributed by atoms with Gasteiger partial charge in [-0.25, -0.2) is 4.98 Å². The monoisotopic (exact) mass is 219 g/mol. The van der Waals surface area contributed by atoms with Crippen molar-refractivity contribution in [3.05, 3.63) is 23.9 Å². The van der Waals surface area contributed by atoms with Gasteiger partial charge < -0.3 is 10.2 Å². The molecule has 1 N–H and O–H groups in total. The number of aromatic nitrogens is 1. The number of nitrogens with zero attached hydrogens (tertiary/aromatic N) is 2. The second kappa shape index (κ2) is 5.30. The van der Waals surface area contributed by atoms with Gasteiger partial charge in [-0.3, -0.25) is 0 Å². The van der Waals surface area contributed by atoms with Gasteiger partial charge in [0, 0.05) is 19.6 Å². The molecule has 16 heavy (non-hydrogen) atoms. The largest absolute Gasteiger partial charge is 0.370 e. The topological polar surface area (TPSA) is 28.2 Å². The molecule has 1 fully saturated rings. The highest BCUT2D eigenvalue weighted by atomic mass is 15.1. The molecule has 2 rings (SSSR count). The van der Waals surface area contributed by atoms with Crippen LogP contribution in [-0.4, -0.2) is 30.0 Å². The van der Waals surface area contributed by atoms with Gasteiger partial charge >= 0.3 is 0 Å². The Bertz CT molecular complexity index is 334. The van der Waals surface area contributed by atoms with Gasteiger partial charge in [0.1, 0.15) is 5.82 Å². The summed E-state index contributed by atoms with van der Waals surface area (Å²) in [6.45, 7) is 5.19. The Morgan fingerprint density at radius 1 is 1.44 bits per heavy atom. The standard InChI is InChI=1S/C13H21N3/c1-3-14-13-6-4-5-12(15-13)10-16(2)9-11-7-8-11/h4-6,11H,3,7-10H2,1-2H3,(H,14,15). The van der Waals surface area contributed by atoms with Crippen molar-refractivity contribution >= 4 is 5.82 Å². The molecule has 0 bridgehead atoms. The first kappa shape index (κ1) is 11.4. The van der Waals surface area contributed by atoms with Crippen molar-refractivity contribution in [1.82, 2.24) is 9.88 Å². The minimum atomic E-state index is 0.925. The van der Waals surface area contributed by atoms with Gasteiger partial charge in [0.15, 0.2) is 0 Å². The Labute approximate surface area is 97.9 Å². The van der Waals surface area contributed by atoms with E-state index in [1.807, 2.05) is 6.07 Å². The Morgan fingerprint density at radius 3 is 2.94 bits per heavy atom. The maximum Gasteiger partial charge on any atom is 0.126 e. The molecule has 0 radical (unpaired) electrons. The summed E-state index contributed by atoms with van der Waals surface area (Å²) in [7, 11) is 2.18. The lowest BCUT2D eigenvalue weighted by atomic mass is 10.3. The third-order valence-corrected chi connectivity index (χ3v) is 2.86. The molecule has 1 aliphatic carbocycles. The first-order valence-electron chi connectivity index (χ1n) is 6.16. The van der Waals surface area contributed by atoms with Crippen molar-refractivity contribution in [2.45, 2.75) is 26.3 Å². The van der Waals surface area contributed by atoms with E-state index in [4.69, 9.17) is 0 Å². The van der Waals surface area contributed by atoms with Crippen molar-refractivity contribution in [3.8, 4) is 0 Å². The van der Waals surface area contributed by atoms with Crippen molar-refractivity contribution in [2.24, 2.45) is 5.92 Å². The molecular weight excluding hydrogens is 198 g/mol. The number of anilines is 1. The van der Waals surface area contributed by atoms with Gasteiger partial charge in [0.2, 0.25) is 0 Å². The molecule has 88 valence electrons. The molecule has 0 aliphatic heterocycles. The fourth-order valence-electron chi connectivity index (χ4n) is 1.93. The first-order chi connectivity index (χ1) is 7.78. The maximum atomic E-state index is 4.58. The maximum absolute atomic E-state index is 4.58. The van der Waals surface area contributed by atoms with Crippen molar-refractivity contribution in [3.63, 3.8) is 0 Å². The third kappa shape index (κ3) is 3.49. The molecule has 3 nitrogen and oxygen atoms in total. The summed E-state index contributed by atoms with van der Waals surface area (Å²) in [4.78, 5) is 6.95. The van der Waals surface area contributed by atoms with Gasteiger partial charge in [-0.05, 0) is 44.9 Å². The van der Waals surface area contributed by atoms with Gasteiger partial charge in [-0.15, -0.1) is 0 Å². The van der Waals surface area contributed by atoms with Gasteiger partial charge in [0.05, 0.1) is 5.69 Å². The fraction of sp³-hybridized carbons (Fsp3) is 0.615. The van der Waals surface area contributed by atoms with Crippen molar-refractivity contribution in [2.75, 3.05) is 25.5 Å². The minimum Gasteiger partial charge on any atom is -0.370 e. The Morgan fingerprint density at radius 2 is 2.25 bits per heavy atom. The van der Waals surface area contributed by atoms with Crippen LogP contribution in [-0.2, 0) is 6.54 Å². The molecule has 1 aromatic heterocycles. The second-order valence-electron chi connectivity index (χ2n) is 4.68. The molecule has 1 heterocycles. The summed E-state index contributed by atoms with van der Waals surface area (Å²) in [6.07, 6.45) is 2.82. The lowest BCUT2D eigenvalue weighted by Crippen LogP contribution is -2.21. The summed E-state index contributed by atoms with van der Waals surface area (Å²) in [5.41, 5.74) is 1.15. The SMILES string of the molecule is CCNc1cccc(CN(C)CC2CC2)n1. The third-order valence-electron chi connectivity index (χ3n) is 2.86. The minimum absolute atomic E-state index is 0.925. The average molecular weight is 219 g/mol. The summed E-state index contributed by atoms with van der Waals surface area (Å²) < 4.78 is 0. The molecule has 0 amide bonds. The molecule has 0 saturated heterocycles. The average Bonchev–Trinajstić information content (AvgIpc) is 3.02. The Balaban J connectivity index is 1.88. The molecule has 0 unspecified atom stereocenters. The zero-order chi connectivity index (χ0) is 11.4. The zero-order valence-electron chi connectivity index (χ0n) is 10.2. The van der Waals surface area contributed by atoms with Gasteiger partial charge in [-0.1, -0.05) is 6.07 Å². The number of hydrogen-bond donors (Lipinski definition) is 1. The van der Waals surface area contributed by atoms with Crippen LogP contribution in [0.25, 0.3) is 0 Å². The molecule has 1 aromatic rings. The molecule has 1 saturated carbocycles. The first-order valence-corrected chi connectivity index (χ1v) is 6.16. The summed E-state index contributed by atoms with van der Waals surface area (Å²) >= 11 is 0. The molecular formula is C13H21N3. The fourth-order valence-corrected chi connectivity index (χ4v) is 1.93.